The number of carbonyl (C=O) groups is 1. The maximum atomic E-state index is 13.3. The first-order chi connectivity index (χ1) is 15.8. The number of rotatable bonds is 5. The third-order valence-corrected chi connectivity index (χ3v) is 4.47. The van der Waals surface area contributed by atoms with E-state index in [1.54, 1.807) is 24.5 Å². The van der Waals surface area contributed by atoms with Gasteiger partial charge in [-0.25, -0.2) is 13.6 Å². The summed E-state index contributed by atoms with van der Waals surface area (Å²) >= 11 is 0. The largest absolute Gasteiger partial charge is 0.507 e. The third kappa shape index (κ3) is 6.53. The Bertz CT molecular complexity index is 1370. The van der Waals surface area contributed by atoms with E-state index in [4.69, 9.17) is 0 Å². The number of aryl methyl sites for hydroxylation is 1. The molecular weight excluding hydrogens is 436 g/mol. The molecule has 1 amide bonds. The van der Waals surface area contributed by atoms with Crippen molar-refractivity contribution >= 4 is 16.8 Å². The fourth-order valence-corrected chi connectivity index (χ4v) is 2.85. The average molecular weight is 455 g/mol. The Hall–Kier alpha value is -4.41. The Labute approximate surface area is 185 Å². The molecule has 0 bridgehead atoms. The van der Waals surface area contributed by atoms with Gasteiger partial charge in [0.05, 0.1) is 24.0 Å². The fraction of sp³-hybridized carbons (Fsp3) is 0.136. The molecule has 0 atom stereocenters. The normalized spacial score (nSPS) is 10.4. The standard InChI is InChI=1S/C14H13F2N3O.C8H6N2O3/c15-11-7-12(16)13(18-8-11)9-19-14(20)2-1-10-3-5-17-6-4-10;11-5-3-1-2-4-6(5)7(12)10-8(13)9-4/h3-8H,1-2,9H2,(H,19,20);1-3,11H,(H2,9,10,12,13). The molecule has 0 aliphatic heterocycles. The highest BCUT2D eigenvalue weighted by Crippen LogP contribution is 2.16. The Morgan fingerprint density at radius 3 is 2.58 bits per heavy atom. The molecule has 0 radical (unpaired) electrons. The lowest BCUT2D eigenvalue weighted by atomic mass is 10.1. The number of carbonyl (C=O) groups excluding carboxylic acids is 1. The smallest absolute Gasteiger partial charge is 0.326 e. The zero-order valence-electron chi connectivity index (χ0n) is 17.1. The van der Waals surface area contributed by atoms with Crippen LogP contribution in [-0.2, 0) is 17.8 Å². The first-order valence-electron chi connectivity index (χ1n) is 9.73. The zero-order chi connectivity index (χ0) is 23.8. The van der Waals surface area contributed by atoms with Crippen LogP contribution in [0.25, 0.3) is 10.9 Å². The quantitative estimate of drug-likeness (QED) is 0.362. The molecule has 0 unspecified atom stereocenters. The van der Waals surface area contributed by atoms with Gasteiger partial charge in [-0.05, 0) is 36.2 Å². The van der Waals surface area contributed by atoms with Crippen LogP contribution < -0.4 is 16.6 Å². The van der Waals surface area contributed by atoms with E-state index in [1.165, 1.54) is 6.07 Å². The van der Waals surface area contributed by atoms with Crippen LogP contribution in [0.1, 0.15) is 17.7 Å². The molecule has 0 spiro atoms. The first kappa shape index (κ1) is 23.3. The number of hydrogen-bond donors (Lipinski definition) is 4. The summed E-state index contributed by atoms with van der Waals surface area (Å²) in [6.07, 6.45) is 5.10. The van der Waals surface area contributed by atoms with Crippen LogP contribution in [-0.4, -0.2) is 30.9 Å². The highest BCUT2D eigenvalue weighted by atomic mass is 19.1. The SMILES string of the molecule is O=C(CCc1ccncc1)NCc1ncc(F)cc1F.O=c1[nH]c(=O)c2c(O)cccc2[nH]1. The molecule has 1 aromatic carbocycles. The summed E-state index contributed by atoms with van der Waals surface area (Å²) in [7, 11) is 0. The van der Waals surface area contributed by atoms with Crippen molar-refractivity contribution in [3.05, 3.63) is 98.7 Å². The van der Waals surface area contributed by atoms with Crippen LogP contribution in [0.15, 0.2) is 64.6 Å². The van der Waals surface area contributed by atoms with Gasteiger partial charge in [0.2, 0.25) is 5.91 Å². The maximum Gasteiger partial charge on any atom is 0.326 e. The van der Waals surface area contributed by atoms with Gasteiger partial charge in [0.15, 0.2) is 0 Å². The summed E-state index contributed by atoms with van der Waals surface area (Å²) in [4.78, 5) is 45.5. The second-order valence-corrected chi connectivity index (χ2v) is 6.82. The molecule has 4 aromatic rings. The van der Waals surface area contributed by atoms with Crippen molar-refractivity contribution in [3.8, 4) is 5.75 Å². The molecule has 3 aromatic heterocycles. The minimum Gasteiger partial charge on any atom is -0.507 e. The molecule has 0 saturated carbocycles. The van der Waals surface area contributed by atoms with E-state index in [-0.39, 0.29) is 35.7 Å². The summed E-state index contributed by atoms with van der Waals surface area (Å²) in [5.74, 6) is -1.86. The van der Waals surface area contributed by atoms with Crippen molar-refractivity contribution in [3.63, 3.8) is 0 Å². The molecule has 11 heteroatoms. The fourth-order valence-electron chi connectivity index (χ4n) is 2.85. The van der Waals surface area contributed by atoms with Gasteiger partial charge in [-0.3, -0.25) is 24.5 Å². The molecule has 9 nitrogen and oxygen atoms in total. The number of nitrogens with zero attached hydrogens (tertiary/aromatic N) is 2. The molecule has 33 heavy (non-hydrogen) atoms. The minimum atomic E-state index is -0.764. The molecule has 170 valence electrons. The van der Waals surface area contributed by atoms with Crippen molar-refractivity contribution < 1.29 is 18.7 Å². The number of aromatic hydroxyl groups is 1. The van der Waals surface area contributed by atoms with E-state index < -0.39 is 22.9 Å². The Balaban J connectivity index is 0.000000203. The summed E-state index contributed by atoms with van der Waals surface area (Å²) in [6.45, 7) is -0.0543. The van der Waals surface area contributed by atoms with Crippen molar-refractivity contribution in [2.75, 3.05) is 0 Å². The molecule has 0 saturated heterocycles. The van der Waals surface area contributed by atoms with Crippen molar-refractivity contribution in [1.29, 1.82) is 0 Å². The van der Waals surface area contributed by atoms with Crippen LogP contribution in [0.3, 0.4) is 0 Å². The summed E-state index contributed by atoms with van der Waals surface area (Å²) in [5, 5.41) is 12.0. The van der Waals surface area contributed by atoms with Gasteiger partial charge < -0.3 is 15.4 Å². The lowest BCUT2D eigenvalue weighted by Crippen LogP contribution is -2.24. The van der Waals surface area contributed by atoms with Gasteiger partial charge in [0.25, 0.3) is 5.56 Å². The van der Waals surface area contributed by atoms with Crippen molar-refractivity contribution in [2.45, 2.75) is 19.4 Å². The number of nitrogens with one attached hydrogen (secondary N) is 3. The van der Waals surface area contributed by atoms with Crippen LogP contribution in [0.5, 0.6) is 5.75 Å². The van der Waals surface area contributed by atoms with E-state index in [2.05, 4.69) is 20.3 Å². The number of fused-ring (bicyclic) bond motifs is 1. The second-order valence-electron chi connectivity index (χ2n) is 6.82. The predicted octanol–water partition coefficient (Wildman–Crippen LogP) is 1.93. The number of benzene rings is 1. The third-order valence-electron chi connectivity index (χ3n) is 4.47. The number of phenols is 1. The Kier molecular flexibility index (Phi) is 7.58. The van der Waals surface area contributed by atoms with E-state index >= 15 is 0 Å². The average Bonchev–Trinajstić information content (AvgIpc) is 2.78. The monoisotopic (exact) mass is 455 g/mol. The van der Waals surface area contributed by atoms with Gasteiger partial charge in [0.1, 0.15) is 22.8 Å². The molecule has 0 aliphatic carbocycles. The lowest BCUT2D eigenvalue weighted by molar-refractivity contribution is -0.121. The van der Waals surface area contributed by atoms with Crippen LogP contribution in [0.2, 0.25) is 0 Å². The molecule has 3 heterocycles. The number of phenolic OH excluding ortho intramolecular Hbond substituents is 1. The molecule has 4 N–H and O–H groups in total. The van der Waals surface area contributed by atoms with E-state index in [1.807, 2.05) is 17.1 Å². The van der Waals surface area contributed by atoms with E-state index in [9.17, 15) is 28.3 Å². The number of halogens is 2. The number of pyridine rings is 2. The highest BCUT2D eigenvalue weighted by Gasteiger charge is 2.08. The van der Waals surface area contributed by atoms with Crippen molar-refractivity contribution in [2.24, 2.45) is 0 Å². The topological polar surface area (TPSA) is 141 Å². The number of amides is 1. The van der Waals surface area contributed by atoms with Gasteiger partial charge in [-0.1, -0.05) is 6.07 Å². The van der Waals surface area contributed by atoms with Crippen LogP contribution >= 0.6 is 0 Å². The highest BCUT2D eigenvalue weighted by molar-refractivity contribution is 5.83. The maximum absolute atomic E-state index is 13.3. The summed E-state index contributed by atoms with van der Waals surface area (Å²) < 4.78 is 26.0. The first-order valence-corrected chi connectivity index (χ1v) is 9.73. The zero-order valence-corrected chi connectivity index (χ0v) is 17.1. The van der Waals surface area contributed by atoms with Crippen LogP contribution in [0.4, 0.5) is 8.78 Å². The predicted molar refractivity (Wildman–Crippen MR) is 115 cm³/mol. The second kappa shape index (κ2) is 10.8. The van der Waals surface area contributed by atoms with E-state index in [0.717, 1.165) is 17.8 Å². The van der Waals surface area contributed by atoms with Gasteiger partial charge in [-0.2, -0.15) is 0 Å². The van der Waals surface area contributed by atoms with Crippen molar-refractivity contribution in [1.82, 2.24) is 25.3 Å². The van der Waals surface area contributed by atoms with E-state index in [0.29, 0.717) is 11.9 Å². The molecular formula is C22H19F2N5O4. The number of H-pyrrole nitrogens is 2. The number of aromatic amines is 2. The molecule has 0 fully saturated rings. The van der Waals surface area contributed by atoms with Gasteiger partial charge in [0, 0.05) is 24.9 Å². The molecule has 4 rings (SSSR count). The molecule has 0 aliphatic rings. The number of aromatic nitrogens is 4. The summed E-state index contributed by atoms with van der Waals surface area (Å²) in [5.41, 5.74) is 0.179. The Morgan fingerprint density at radius 1 is 1.09 bits per heavy atom. The lowest BCUT2D eigenvalue weighted by Gasteiger charge is -2.05. The van der Waals surface area contributed by atoms with Gasteiger partial charge in [-0.15, -0.1) is 0 Å². The minimum absolute atomic E-state index is 0.0173. The summed E-state index contributed by atoms with van der Waals surface area (Å²) in [6, 6.07) is 8.88. The number of hydrogen-bond acceptors (Lipinski definition) is 6. The van der Waals surface area contributed by atoms with Crippen LogP contribution in [0, 0.1) is 11.6 Å². The Morgan fingerprint density at radius 2 is 1.85 bits per heavy atom. The van der Waals surface area contributed by atoms with Gasteiger partial charge >= 0.3 is 5.69 Å².